The number of H-pyrrole nitrogens is 1. The smallest absolute Gasteiger partial charge is 0.252 e. The number of imidazole rings is 1. The number of aromatic amines is 1. The van der Waals surface area contributed by atoms with Gasteiger partial charge in [0.25, 0.3) is 5.56 Å². The van der Waals surface area contributed by atoms with E-state index >= 15 is 0 Å². The number of aryl methyl sites for hydroxylation is 1. The van der Waals surface area contributed by atoms with Crippen LogP contribution in [0.2, 0.25) is 0 Å². The van der Waals surface area contributed by atoms with Gasteiger partial charge < -0.3 is 20.6 Å². The molecule has 0 saturated carbocycles. The molecule has 142 valence electrons. The number of benzene rings is 1. The Morgan fingerprint density at radius 2 is 2.07 bits per heavy atom. The highest BCUT2D eigenvalue weighted by molar-refractivity contribution is 5.84. The number of nitrogens with two attached hydrogens (primary N) is 1. The molecule has 2 aromatic heterocycles. The standard InChI is InChI=1S/C19H24N6O2/c1-3-6-17-22-13-7-4-5-8-14(13)25(17)12(2)19(27)21-10-9-16-23-15(20)11-18(26)24-16/h4-5,7-8,11-12H,3,6,9-10H2,1-2H3,(H,21,27)(H3,20,23,24,26)/t12-/m0/s1. The highest BCUT2D eigenvalue weighted by atomic mass is 16.2. The predicted octanol–water partition coefficient (Wildman–Crippen LogP) is 1.57. The van der Waals surface area contributed by atoms with Gasteiger partial charge >= 0.3 is 0 Å². The van der Waals surface area contributed by atoms with Gasteiger partial charge in [-0.2, -0.15) is 0 Å². The molecule has 3 aromatic rings. The first-order valence-corrected chi connectivity index (χ1v) is 9.09. The highest BCUT2D eigenvalue weighted by Crippen LogP contribution is 2.22. The molecular formula is C19H24N6O2. The number of hydrogen-bond donors (Lipinski definition) is 3. The van der Waals surface area contributed by atoms with Gasteiger partial charge in [-0.05, 0) is 25.5 Å². The maximum absolute atomic E-state index is 12.7. The molecule has 0 unspecified atom stereocenters. The first kappa shape index (κ1) is 18.6. The Morgan fingerprint density at radius 3 is 2.81 bits per heavy atom. The van der Waals surface area contributed by atoms with Gasteiger partial charge in [-0.15, -0.1) is 0 Å². The monoisotopic (exact) mass is 368 g/mol. The Balaban J connectivity index is 1.72. The molecule has 0 aliphatic heterocycles. The van der Waals surface area contributed by atoms with Crippen molar-refractivity contribution in [3.63, 3.8) is 0 Å². The van der Waals surface area contributed by atoms with Crippen LogP contribution in [0.15, 0.2) is 35.1 Å². The molecule has 2 heterocycles. The minimum absolute atomic E-state index is 0.109. The molecule has 27 heavy (non-hydrogen) atoms. The lowest BCUT2D eigenvalue weighted by atomic mass is 10.2. The fourth-order valence-corrected chi connectivity index (χ4v) is 3.14. The number of anilines is 1. The minimum atomic E-state index is -0.396. The molecule has 1 amide bonds. The van der Waals surface area contributed by atoms with Crippen molar-refractivity contribution in [3.05, 3.63) is 52.3 Å². The van der Waals surface area contributed by atoms with Gasteiger partial charge in [0.2, 0.25) is 5.91 Å². The van der Waals surface area contributed by atoms with Gasteiger partial charge in [0, 0.05) is 25.5 Å². The molecule has 3 rings (SSSR count). The average Bonchev–Trinajstić information content (AvgIpc) is 2.98. The van der Waals surface area contributed by atoms with Crippen molar-refractivity contribution in [3.8, 4) is 0 Å². The normalized spacial score (nSPS) is 12.2. The van der Waals surface area contributed by atoms with E-state index in [-0.39, 0.29) is 17.3 Å². The molecule has 1 aromatic carbocycles. The molecule has 1 atom stereocenters. The fraction of sp³-hybridized carbons (Fsp3) is 0.368. The van der Waals surface area contributed by atoms with Crippen molar-refractivity contribution >= 4 is 22.8 Å². The summed E-state index contributed by atoms with van der Waals surface area (Å²) in [5.41, 5.74) is 7.11. The predicted molar refractivity (Wildman–Crippen MR) is 104 cm³/mol. The van der Waals surface area contributed by atoms with E-state index in [0.717, 1.165) is 29.7 Å². The van der Waals surface area contributed by atoms with Crippen LogP contribution >= 0.6 is 0 Å². The third-order valence-corrected chi connectivity index (χ3v) is 4.38. The average molecular weight is 368 g/mol. The molecule has 4 N–H and O–H groups in total. The van der Waals surface area contributed by atoms with E-state index in [4.69, 9.17) is 5.73 Å². The van der Waals surface area contributed by atoms with Crippen LogP contribution in [-0.4, -0.2) is 32.0 Å². The van der Waals surface area contributed by atoms with Crippen molar-refractivity contribution in [1.82, 2.24) is 24.8 Å². The van der Waals surface area contributed by atoms with Crippen LogP contribution in [0.5, 0.6) is 0 Å². The minimum Gasteiger partial charge on any atom is -0.383 e. The van der Waals surface area contributed by atoms with Gasteiger partial charge in [-0.1, -0.05) is 19.1 Å². The van der Waals surface area contributed by atoms with Gasteiger partial charge in [-0.3, -0.25) is 9.59 Å². The molecule has 8 nitrogen and oxygen atoms in total. The van der Waals surface area contributed by atoms with E-state index in [0.29, 0.717) is 18.8 Å². The number of carbonyl (C=O) groups is 1. The number of nitrogen functional groups attached to an aromatic ring is 1. The van der Waals surface area contributed by atoms with Crippen LogP contribution in [0, 0.1) is 0 Å². The number of hydrogen-bond acceptors (Lipinski definition) is 5. The van der Waals surface area contributed by atoms with Gasteiger partial charge in [0.05, 0.1) is 11.0 Å². The molecule has 0 fully saturated rings. The Hall–Kier alpha value is -3.16. The summed E-state index contributed by atoms with van der Waals surface area (Å²) in [5.74, 6) is 1.42. The van der Waals surface area contributed by atoms with Crippen molar-refractivity contribution in [2.75, 3.05) is 12.3 Å². The largest absolute Gasteiger partial charge is 0.383 e. The van der Waals surface area contributed by atoms with Crippen molar-refractivity contribution in [2.45, 2.75) is 39.2 Å². The van der Waals surface area contributed by atoms with E-state index in [9.17, 15) is 9.59 Å². The summed E-state index contributed by atoms with van der Waals surface area (Å²) in [6.07, 6.45) is 2.15. The van der Waals surface area contributed by atoms with E-state index in [1.807, 2.05) is 35.8 Å². The lowest BCUT2D eigenvalue weighted by Gasteiger charge is -2.17. The number of nitrogens with one attached hydrogen (secondary N) is 2. The van der Waals surface area contributed by atoms with Crippen LogP contribution in [0.25, 0.3) is 11.0 Å². The quantitative estimate of drug-likeness (QED) is 0.585. The maximum Gasteiger partial charge on any atom is 0.252 e. The molecule has 0 aliphatic rings. The van der Waals surface area contributed by atoms with Crippen LogP contribution in [0.4, 0.5) is 5.82 Å². The number of rotatable bonds is 7. The number of amides is 1. The zero-order valence-electron chi connectivity index (χ0n) is 15.5. The Bertz CT molecular complexity index is 1010. The summed E-state index contributed by atoms with van der Waals surface area (Å²) in [6.45, 7) is 4.31. The zero-order valence-corrected chi connectivity index (χ0v) is 15.5. The summed E-state index contributed by atoms with van der Waals surface area (Å²) in [6, 6.07) is 8.65. The second-order valence-corrected chi connectivity index (χ2v) is 6.47. The second-order valence-electron chi connectivity index (χ2n) is 6.47. The Morgan fingerprint density at radius 1 is 1.30 bits per heavy atom. The molecule has 0 saturated heterocycles. The van der Waals surface area contributed by atoms with E-state index < -0.39 is 6.04 Å². The van der Waals surface area contributed by atoms with Crippen LogP contribution in [0.1, 0.15) is 38.0 Å². The highest BCUT2D eigenvalue weighted by Gasteiger charge is 2.20. The SMILES string of the molecule is CCCc1nc2ccccc2n1[C@@H](C)C(=O)NCCc1nc(N)cc(=O)[nH]1. The topological polar surface area (TPSA) is 119 Å². The lowest BCUT2D eigenvalue weighted by Crippen LogP contribution is -2.33. The molecule has 8 heteroatoms. The Labute approximate surface area is 156 Å². The molecule has 0 aliphatic carbocycles. The van der Waals surface area contributed by atoms with Crippen molar-refractivity contribution < 1.29 is 4.79 Å². The maximum atomic E-state index is 12.7. The number of para-hydroxylation sites is 2. The molecular weight excluding hydrogens is 344 g/mol. The van der Waals surface area contributed by atoms with E-state index in [1.54, 1.807) is 0 Å². The van der Waals surface area contributed by atoms with E-state index in [1.165, 1.54) is 6.07 Å². The van der Waals surface area contributed by atoms with Gasteiger partial charge in [0.1, 0.15) is 23.5 Å². The summed E-state index contributed by atoms with van der Waals surface area (Å²) in [4.78, 5) is 35.5. The first-order chi connectivity index (χ1) is 13.0. The van der Waals surface area contributed by atoms with Crippen molar-refractivity contribution in [1.29, 1.82) is 0 Å². The fourth-order valence-electron chi connectivity index (χ4n) is 3.14. The van der Waals surface area contributed by atoms with Crippen LogP contribution < -0.4 is 16.6 Å². The summed E-state index contributed by atoms with van der Waals surface area (Å²) in [5, 5.41) is 2.90. The first-order valence-electron chi connectivity index (χ1n) is 9.09. The molecule has 0 spiro atoms. The number of nitrogens with zero attached hydrogens (tertiary/aromatic N) is 3. The number of carbonyl (C=O) groups excluding carboxylic acids is 1. The summed E-state index contributed by atoms with van der Waals surface area (Å²) in [7, 11) is 0. The summed E-state index contributed by atoms with van der Waals surface area (Å²) >= 11 is 0. The van der Waals surface area contributed by atoms with E-state index in [2.05, 4.69) is 27.2 Å². The Kier molecular flexibility index (Phi) is 5.54. The molecule has 0 bridgehead atoms. The third-order valence-electron chi connectivity index (χ3n) is 4.38. The molecule has 0 radical (unpaired) electrons. The third kappa shape index (κ3) is 4.16. The second kappa shape index (κ2) is 8.03. The lowest BCUT2D eigenvalue weighted by molar-refractivity contribution is -0.123. The zero-order chi connectivity index (χ0) is 19.4. The van der Waals surface area contributed by atoms with Crippen LogP contribution in [-0.2, 0) is 17.6 Å². The number of fused-ring (bicyclic) bond motifs is 1. The number of aromatic nitrogens is 4. The summed E-state index contributed by atoms with van der Waals surface area (Å²) < 4.78 is 1.99. The van der Waals surface area contributed by atoms with Gasteiger partial charge in [-0.25, -0.2) is 9.97 Å². The van der Waals surface area contributed by atoms with Gasteiger partial charge in [0.15, 0.2) is 0 Å². The van der Waals surface area contributed by atoms with Crippen LogP contribution in [0.3, 0.4) is 0 Å². The van der Waals surface area contributed by atoms with Crippen molar-refractivity contribution in [2.24, 2.45) is 0 Å².